The van der Waals surface area contributed by atoms with Gasteiger partial charge in [0.25, 0.3) is 11.8 Å². The smallest absolute Gasteiger partial charge is 0.322 e. The second kappa shape index (κ2) is 6.78. The second-order valence-corrected chi connectivity index (χ2v) is 5.78. The van der Waals surface area contributed by atoms with Gasteiger partial charge in [-0.2, -0.15) is 0 Å². The maximum absolute atomic E-state index is 12.1. The van der Waals surface area contributed by atoms with Gasteiger partial charge in [-0.15, -0.1) is 0 Å². The van der Waals surface area contributed by atoms with Crippen LogP contribution in [0.4, 0.5) is 4.79 Å². The maximum Gasteiger partial charge on any atom is 0.322 e. The lowest BCUT2D eigenvalue weighted by atomic mass is 9.91. The molecule has 0 bridgehead atoms. The summed E-state index contributed by atoms with van der Waals surface area (Å²) in [5.41, 5.74) is 0.0234. The molecule has 1 aromatic carbocycles. The minimum Gasteiger partial charge on any atom is -0.350 e. The van der Waals surface area contributed by atoms with Crippen LogP contribution in [0.25, 0.3) is 0 Å². The summed E-state index contributed by atoms with van der Waals surface area (Å²) < 4.78 is 0. The molecule has 7 heteroatoms. The fraction of sp³-hybridized carbons (Fsp3) is 0.438. The third-order valence-electron chi connectivity index (χ3n) is 3.89. The standard InChI is InChI=1S/C16H22N4O3/c1-4-17-10(2)9-18-13(21)11-5-7-12(8-6-11)16(3)14(22)19-15(23)20-16/h5-8,10,17H,4,9H2,1-3H3,(H,18,21)(H2,19,20,22,23)/t10-,16?/m1/s1. The summed E-state index contributed by atoms with van der Waals surface area (Å²) in [7, 11) is 0. The van der Waals surface area contributed by atoms with E-state index in [4.69, 9.17) is 0 Å². The van der Waals surface area contributed by atoms with Crippen LogP contribution >= 0.6 is 0 Å². The van der Waals surface area contributed by atoms with Gasteiger partial charge in [0.15, 0.2) is 0 Å². The highest BCUT2D eigenvalue weighted by molar-refractivity contribution is 6.07. The van der Waals surface area contributed by atoms with Crippen LogP contribution in [0.3, 0.4) is 0 Å². The van der Waals surface area contributed by atoms with E-state index in [0.29, 0.717) is 17.7 Å². The zero-order valence-electron chi connectivity index (χ0n) is 13.5. The van der Waals surface area contributed by atoms with E-state index < -0.39 is 17.5 Å². The lowest BCUT2D eigenvalue weighted by Gasteiger charge is -2.21. The van der Waals surface area contributed by atoms with Crippen molar-refractivity contribution in [2.45, 2.75) is 32.4 Å². The Kier molecular flexibility index (Phi) is 5.00. The predicted octanol–water partition coefficient (Wildman–Crippen LogP) is 0.469. The van der Waals surface area contributed by atoms with E-state index in [9.17, 15) is 14.4 Å². The fourth-order valence-corrected chi connectivity index (χ4v) is 2.47. The van der Waals surface area contributed by atoms with Crippen LogP contribution in [0.15, 0.2) is 24.3 Å². The number of hydrogen-bond donors (Lipinski definition) is 4. The first kappa shape index (κ1) is 17.0. The third-order valence-corrected chi connectivity index (χ3v) is 3.89. The van der Waals surface area contributed by atoms with Crippen LogP contribution in [-0.4, -0.2) is 37.0 Å². The number of benzene rings is 1. The second-order valence-electron chi connectivity index (χ2n) is 5.78. The van der Waals surface area contributed by atoms with Gasteiger partial charge < -0.3 is 16.0 Å². The predicted molar refractivity (Wildman–Crippen MR) is 85.9 cm³/mol. The van der Waals surface area contributed by atoms with E-state index in [1.807, 2.05) is 13.8 Å². The molecule has 0 aliphatic carbocycles. The third kappa shape index (κ3) is 3.68. The van der Waals surface area contributed by atoms with Gasteiger partial charge in [-0.1, -0.05) is 19.1 Å². The zero-order chi connectivity index (χ0) is 17.0. The zero-order valence-corrected chi connectivity index (χ0v) is 13.5. The molecule has 4 N–H and O–H groups in total. The SMILES string of the molecule is CCN[C@H](C)CNC(=O)c1ccc(C2(C)NC(=O)NC2=O)cc1. The highest BCUT2D eigenvalue weighted by Gasteiger charge is 2.43. The number of carbonyl (C=O) groups is 3. The van der Waals surface area contributed by atoms with E-state index in [2.05, 4.69) is 21.3 Å². The van der Waals surface area contributed by atoms with E-state index >= 15 is 0 Å². The minimum atomic E-state index is -1.11. The summed E-state index contributed by atoms with van der Waals surface area (Å²) in [4.78, 5) is 35.3. The molecule has 124 valence electrons. The molecule has 1 aliphatic rings. The van der Waals surface area contributed by atoms with Crippen LogP contribution < -0.4 is 21.3 Å². The normalized spacial score (nSPS) is 21.5. The number of nitrogens with one attached hydrogen (secondary N) is 4. The molecular formula is C16H22N4O3. The molecule has 0 saturated carbocycles. The van der Waals surface area contributed by atoms with E-state index in [-0.39, 0.29) is 11.9 Å². The molecule has 1 aromatic rings. The van der Waals surface area contributed by atoms with Gasteiger partial charge in [0.05, 0.1) is 0 Å². The van der Waals surface area contributed by atoms with E-state index in [1.165, 1.54) is 0 Å². The Hall–Kier alpha value is -2.41. The van der Waals surface area contributed by atoms with Crippen molar-refractivity contribution in [3.05, 3.63) is 35.4 Å². The monoisotopic (exact) mass is 318 g/mol. The molecular weight excluding hydrogens is 296 g/mol. The molecule has 1 aliphatic heterocycles. The van der Waals surface area contributed by atoms with E-state index in [1.54, 1.807) is 31.2 Å². The number of carbonyl (C=O) groups excluding carboxylic acids is 3. The first-order valence-corrected chi connectivity index (χ1v) is 7.62. The quantitative estimate of drug-likeness (QED) is 0.573. The first-order valence-electron chi connectivity index (χ1n) is 7.62. The van der Waals surface area contributed by atoms with Crippen LogP contribution in [0.2, 0.25) is 0 Å². The maximum atomic E-state index is 12.1. The first-order chi connectivity index (χ1) is 10.9. The van der Waals surface area contributed by atoms with Crippen LogP contribution in [-0.2, 0) is 10.3 Å². The Morgan fingerprint density at radius 2 is 1.91 bits per heavy atom. The summed E-state index contributed by atoms with van der Waals surface area (Å²) >= 11 is 0. The average molecular weight is 318 g/mol. The molecule has 0 spiro atoms. The number of rotatable bonds is 6. The highest BCUT2D eigenvalue weighted by atomic mass is 16.2. The van der Waals surface area contributed by atoms with Crippen molar-refractivity contribution in [2.75, 3.05) is 13.1 Å². The van der Waals surface area contributed by atoms with Crippen molar-refractivity contribution in [1.82, 2.24) is 21.3 Å². The topological polar surface area (TPSA) is 99.3 Å². The molecule has 2 atom stereocenters. The van der Waals surface area contributed by atoms with Crippen molar-refractivity contribution >= 4 is 17.8 Å². The minimum absolute atomic E-state index is 0.175. The fourth-order valence-electron chi connectivity index (χ4n) is 2.47. The van der Waals surface area contributed by atoms with Gasteiger partial charge >= 0.3 is 6.03 Å². The Morgan fingerprint density at radius 3 is 2.43 bits per heavy atom. The van der Waals surface area contributed by atoms with Crippen molar-refractivity contribution in [2.24, 2.45) is 0 Å². The lowest BCUT2D eigenvalue weighted by molar-refractivity contribution is -0.123. The molecule has 23 heavy (non-hydrogen) atoms. The van der Waals surface area contributed by atoms with Gasteiger partial charge in [0.2, 0.25) is 0 Å². The average Bonchev–Trinajstić information content (AvgIpc) is 2.79. The summed E-state index contributed by atoms with van der Waals surface area (Å²) in [6.07, 6.45) is 0. The Bertz CT molecular complexity index is 614. The van der Waals surface area contributed by atoms with Crippen molar-refractivity contribution < 1.29 is 14.4 Å². The Labute approximate surface area is 135 Å². The number of urea groups is 1. The van der Waals surface area contributed by atoms with Crippen LogP contribution in [0.5, 0.6) is 0 Å². The molecule has 1 heterocycles. The van der Waals surface area contributed by atoms with Gasteiger partial charge in [0.1, 0.15) is 5.54 Å². The van der Waals surface area contributed by atoms with Crippen LogP contribution in [0, 0.1) is 0 Å². The number of hydrogen-bond acceptors (Lipinski definition) is 4. The van der Waals surface area contributed by atoms with Gasteiger partial charge in [-0.05, 0) is 38.1 Å². The highest BCUT2D eigenvalue weighted by Crippen LogP contribution is 2.24. The number of amides is 4. The van der Waals surface area contributed by atoms with Gasteiger partial charge in [-0.25, -0.2) is 4.79 Å². The van der Waals surface area contributed by atoms with Crippen molar-refractivity contribution in [3.8, 4) is 0 Å². The summed E-state index contributed by atoms with van der Waals surface area (Å²) in [5, 5.41) is 10.9. The summed E-state index contributed by atoms with van der Waals surface area (Å²) in [6.45, 7) is 7.01. The molecule has 1 fully saturated rings. The number of imide groups is 1. The Balaban J connectivity index is 2.03. The van der Waals surface area contributed by atoms with Crippen molar-refractivity contribution in [1.29, 1.82) is 0 Å². The molecule has 0 radical (unpaired) electrons. The molecule has 4 amide bonds. The lowest BCUT2D eigenvalue weighted by Crippen LogP contribution is -2.40. The van der Waals surface area contributed by atoms with Gasteiger partial charge in [-0.3, -0.25) is 14.9 Å². The number of likely N-dealkylation sites (N-methyl/N-ethyl adjacent to an activating group) is 1. The van der Waals surface area contributed by atoms with Crippen molar-refractivity contribution in [3.63, 3.8) is 0 Å². The molecule has 1 unspecified atom stereocenters. The van der Waals surface area contributed by atoms with Crippen LogP contribution in [0.1, 0.15) is 36.7 Å². The Morgan fingerprint density at radius 1 is 1.26 bits per heavy atom. The molecule has 0 aromatic heterocycles. The molecule has 7 nitrogen and oxygen atoms in total. The largest absolute Gasteiger partial charge is 0.350 e. The summed E-state index contributed by atoms with van der Waals surface area (Å²) in [6, 6.07) is 6.31. The summed E-state index contributed by atoms with van der Waals surface area (Å²) in [5.74, 6) is -0.578. The van der Waals surface area contributed by atoms with E-state index in [0.717, 1.165) is 6.54 Å². The van der Waals surface area contributed by atoms with Gasteiger partial charge in [0, 0.05) is 18.2 Å². The molecule has 2 rings (SSSR count). The molecule has 1 saturated heterocycles.